The lowest BCUT2D eigenvalue weighted by molar-refractivity contribution is 0.906. The molecule has 4 nitrogen and oxygen atoms in total. The molecule has 0 aliphatic heterocycles. The topological polar surface area (TPSA) is 47.8 Å². The van der Waals surface area contributed by atoms with Gasteiger partial charge in [0.25, 0.3) is 5.56 Å². The third-order valence-corrected chi connectivity index (χ3v) is 2.55. The molecule has 0 saturated heterocycles. The van der Waals surface area contributed by atoms with Crippen LogP contribution in [0.1, 0.15) is 0 Å². The van der Waals surface area contributed by atoms with Crippen LogP contribution in [0.25, 0.3) is 16.7 Å². The third kappa shape index (κ3) is 1.69. The zero-order chi connectivity index (χ0) is 11.7. The Hall–Kier alpha value is -2.49. The van der Waals surface area contributed by atoms with E-state index in [1.54, 1.807) is 0 Å². The highest BCUT2D eigenvalue weighted by atomic mass is 16.1. The maximum absolute atomic E-state index is 11.6. The van der Waals surface area contributed by atoms with E-state index in [1.807, 2.05) is 36.4 Å². The molecule has 0 fully saturated rings. The van der Waals surface area contributed by atoms with Crippen molar-refractivity contribution >= 4 is 10.9 Å². The molecule has 2 aromatic heterocycles. The zero-order valence-electron chi connectivity index (χ0n) is 8.95. The van der Waals surface area contributed by atoms with Crippen molar-refractivity contribution in [3.8, 4) is 5.82 Å². The van der Waals surface area contributed by atoms with Gasteiger partial charge in [0, 0.05) is 17.6 Å². The first-order chi connectivity index (χ1) is 8.34. The molecule has 4 heteroatoms. The zero-order valence-corrected chi connectivity index (χ0v) is 8.95. The van der Waals surface area contributed by atoms with Crippen molar-refractivity contribution in [1.29, 1.82) is 0 Å². The van der Waals surface area contributed by atoms with Crippen LogP contribution in [-0.2, 0) is 0 Å². The van der Waals surface area contributed by atoms with Crippen LogP contribution in [0.4, 0.5) is 0 Å². The molecule has 0 amide bonds. The molecule has 1 aromatic carbocycles. The van der Waals surface area contributed by atoms with Crippen LogP contribution in [0.2, 0.25) is 0 Å². The maximum Gasteiger partial charge on any atom is 0.259 e. The summed E-state index contributed by atoms with van der Waals surface area (Å²) in [5.41, 5.74) is 0.725. The van der Waals surface area contributed by atoms with Crippen LogP contribution in [0, 0.1) is 0 Å². The summed E-state index contributed by atoms with van der Waals surface area (Å²) in [7, 11) is 0. The second-order valence-corrected chi connectivity index (χ2v) is 3.65. The largest absolute Gasteiger partial charge is 0.269 e. The van der Waals surface area contributed by atoms with Crippen LogP contribution in [0.5, 0.6) is 0 Å². The molecule has 0 radical (unpaired) electrons. The van der Waals surface area contributed by atoms with Gasteiger partial charge in [0.2, 0.25) is 0 Å². The van der Waals surface area contributed by atoms with E-state index < -0.39 is 0 Å². The van der Waals surface area contributed by atoms with Crippen molar-refractivity contribution in [2.75, 3.05) is 0 Å². The Kier molecular flexibility index (Phi) is 2.19. The van der Waals surface area contributed by atoms with E-state index in [-0.39, 0.29) is 5.56 Å². The summed E-state index contributed by atoms with van der Waals surface area (Å²) in [5.74, 6) is 0.585. The van der Waals surface area contributed by atoms with E-state index in [9.17, 15) is 4.79 Å². The average molecular weight is 223 g/mol. The molecule has 3 rings (SSSR count). The molecule has 3 aromatic rings. The fraction of sp³-hybridized carbons (Fsp3) is 0. The number of pyridine rings is 1. The Bertz CT molecular complexity index is 734. The lowest BCUT2D eigenvalue weighted by atomic mass is 10.2. The summed E-state index contributed by atoms with van der Waals surface area (Å²) in [4.78, 5) is 20.0. The molecule has 0 unspecified atom stereocenters. The van der Waals surface area contributed by atoms with Crippen molar-refractivity contribution in [3.63, 3.8) is 0 Å². The number of nitrogens with zero attached hydrogens (tertiary/aromatic N) is 3. The van der Waals surface area contributed by atoms with Crippen LogP contribution in [0.3, 0.4) is 0 Å². The fourth-order valence-corrected chi connectivity index (χ4v) is 1.71. The monoisotopic (exact) mass is 223 g/mol. The van der Waals surface area contributed by atoms with Crippen molar-refractivity contribution in [2.45, 2.75) is 0 Å². The van der Waals surface area contributed by atoms with E-state index in [0.717, 1.165) is 10.9 Å². The molecule has 0 aliphatic carbocycles. The van der Waals surface area contributed by atoms with Gasteiger partial charge in [-0.05, 0) is 18.2 Å². The molecule has 0 spiro atoms. The standard InChI is InChI=1S/C13H9N3O/c17-13-7-8-14-9-16(13)12-6-5-10-3-1-2-4-11(10)15-12/h1-9H. The minimum Gasteiger partial charge on any atom is -0.269 e. The minimum atomic E-state index is -0.136. The first-order valence-electron chi connectivity index (χ1n) is 5.23. The van der Waals surface area contributed by atoms with Gasteiger partial charge >= 0.3 is 0 Å². The predicted molar refractivity (Wildman–Crippen MR) is 65.1 cm³/mol. The van der Waals surface area contributed by atoms with Crippen LogP contribution in [-0.4, -0.2) is 14.5 Å². The van der Waals surface area contributed by atoms with Gasteiger partial charge in [-0.15, -0.1) is 0 Å². The Balaban J connectivity index is 2.25. The molecule has 0 N–H and O–H groups in total. The summed E-state index contributed by atoms with van der Waals surface area (Å²) < 4.78 is 1.42. The summed E-state index contributed by atoms with van der Waals surface area (Å²) >= 11 is 0. The second-order valence-electron chi connectivity index (χ2n) is 3.65. The van der Waals surface area contributed by atoms with E-state index in [4.69, 9.17) is 0 Å². The Morgan fingerprint density at radius 2 is 1.88 bits per heavy atom. The van der Waals surface area contributed by atoms with Gasteiger partial charge in [-0.1, -0.05) is 18.2 Å². The van der Waals surface area contributed by atoms with E-state index >= 15 is 0 Å². The molecular weight excluding hydrogens is 214 g/mol. The number of fused-ring (bicyclic) bond motifs is 1. The predicted octanol–water partition coefficient (Wildman–Crippen LogP) is 1.78. The highest BCUT2D eigenvalue weighted by Gasteiger charge is 2.01. The molecule has 82 valence electrons. The maximum atomic E-state index is 11.6. The number of hydrogen-bond donors (Lipinski definition) is 0. The lowest BCUT2D eigenvalue weighted by Crippen LogP contribution is -2.17. The fourth-order valence-electron chi connectivity index (χ4n) is 1.71. The molecular formula is C13H9N3O. The van der Waals surface area contributed by atoms with E-state index in [0.29, 0.717) is 5.82 Å². The first kappa shape index (κ1) is 9.72. The minimum absolute atomic E-state index is 0.136. The highest BCUT2D eigenvalue weighted by Crippen LogP contribution is 2.12. The van der Waals surface area contributed by atoms with Gasteiger partial charge in [-0.2, -0.15) is 0 Å². The smallest absolute Gasteiger partial charge is 0.259 e. The van der Waals surface area contributed by atoms with Gasteiger partial charge in [0.05, 0.1) is 5.52 Å². The Morgan fingerprint density at radius 1 is 1.00 bits per heavy atom. The number of aromatic nitrogens is 3. The number of benzene rings is 1. The van der Waals surface area contributed by atoms with Crippen LogP contribution < -0.4 is 5.56 Å². The quantitative estimate of drug-likeness (QED) is 0.631. The first-order valence-corrected chi connectivity index (χ1v) is 5.23. The van der Waals surface area contributed by atoms with Crippen LogP contribution >= 0.6 is 0 Å². The second kappa shape index (κ2) is 3.83. The molecule has 0 atom stereocenters. The molecule has 0 aliphatic rings. The third-order valence-electron chi connectivity index (χ3n) is 2.55. The number of para-hydroxylation sites is 1. The Morgan fingerprint density at radius 3 is 2.76 bits per heavy atom. The summed E-state index contributed by atoms with van der Waals surface area (Å²) in [5, 5.41) is 1.05. The van der Waals surface area contributed by atoms with Gasteiger partial charge in [0.15, 0.2) is 0 Å². The van der Waals surface area contributed by atoms with Crippen molar-refractivity contribution in [2.24, 2.45) is 0 Å². The number of hydrogen-bond acceptors (Lipinski definition) is 3. The molecule has 2 heterocycles. The molecule has 0 bridgehead atoms. The van der Waals surface area contributed by atoms with Gasteiger partial charge in [0.1, 0.15) is 12.1 Å². The van der Waals surface area contributed by atoms with Gasteiger partial charge < -0.3 is 0 Å². The van der Waals surface area contributed by atoms with Gasteiger partial charge in [-0.25, -0.2) is 9.97 Å². The van der Waals surface area contributed by atoms with Crippen molar-refractivity contribution < 1.29 is 0 Å². The van der Waals surface area contributed by atoms with Crippen LogP contribution in [0.15, 0.2) is 59.8 Å². The van der Waals surface area contributed by atoms with E-state index in [1.165, 1.54) is 23.2 Å². The lowest BCUT2D eigenvalue weighted by Gasteiger charge is -2.04. The van der Waals surface area contributed by atoms with Crippen molar-refractivity contribution in [3.05, 3.63) is 65.3 Å². The number of rotatable bonds is 1. The normalized spacial score (nSPS) is 10.6. The van der Waals surface area contributed by atoms with E-state index in [2.05, 4.69) is 9.97 Å². The molecule has 0 saturated carbocycles. The van der Waals surface area contributed by atoms with Crippen molar-refractivity contribution in [1.82, 2.24) is 14.5 Å². The summed E-state index contributed by atoms with van der Waals surface area (Å²) in [6, 6.07) is 12.9. The summed E-state index contributed by atoms with van der Waals surface area (Å²) in [6.07, 6.45) is 2.94. The summed E-state index contributed by atoms with van der Waals surface area (Å²) in [6.45, 7) is 0. The SMILES string of the molecule is O=c1ccncn1-c1ccc2ccccc2n1. The Labute approximate surface area is 97.2 Å². The molecule has 17 heavy (non-hydrogen) atoms. The van der Waals surface area contributed by atoms with Gasteiger partial charge in [-0.3, -0.25) is 9.36 Å². The average Bonchev–Trinajstić information content (AvgIpc) is 2.39. The highest BCUT2D eigenvalue weighted by molar-refractivity contribution is 5.79.